The van der Waals surface area contributed by atoms with E-state index in [0.29, 0.717) is 18.0 Å². The number of rotatable bonds is 8. The Kier molecular flexibility index (Phi) is 7.08. The zero-order chi connectivity index (χ0) is 16.5. The zero-order valence-corrected chi connectivity index (χ0v) is 12.9. The van der Waals surface area contributed by atoms with Gasteiger partial charge in [-0.25, -0.2) is 0 Å². The van der Waals surface area contributed by atoms with Gasteiger partial charge in [-0.3, -0.25) is 19.3 Å². The first kappa shape index (κ1) is 17.7. The van der Waals surface area contributed by atoms with Gasteiger partial charge in [0.05, 0.1) is 6.54 Å². The fraction of sp³-hybridized carbons (Fsp3) is 0.438. The quantitative estimate of drug-likeness (QED) is 0.764. The summed E-state index contributed by atoms with van der Waals surface area (Å²) < 4.78 is 0. The van der Waals surface area contributed by atoms with E-state index in [2.05, 4.69) is 5.32 Å². The van der Waals surface area contributed by atoms with E-state index in [0.717, 1.165) is 11.3 Å². The molecule has 6 nitrogen and oxygen atoms in total. The molecule has 0 fully saturated rings. The summed E-state index contributed by atoms with van der Waals surface area (Å²) in [7, 11) is 0. The smallest absolute Gasteiger partial charge is 0.323 e. The van der Waals surface area contributed by atoms with Gasteiger partial charge in [0, 0.05) is 12.1 Å². The molecule has 0 heterocycles. The van der Waals surface area contributed by atoms with Gasteiger partial charge < -0.3 is 10.4 Å². The summed E-state index contributed by atoms with van der Waals surface area (Å²) in [6.07, 6.45) is 1.10. The van der Waals surface area contributed by atoms with E-state index in [4.69, 9.17) is 5.11 Å². The Balaban J connectivity index is 2.61. The molecule has 1 rings (SSSR count). The van der Waals surface area contributed by atoms with Crippen LogP contribution >= 0.6 is 0 Å². The molecule has 2 amide bonds. The predicted molar refractivity (Wildman–Crippen MR) is 83.5 cm³/mol. The van der Waals surface area contributed by atoms with Crippen LogP contribution in [0.15, 0.2) is 30.3 Å². The third-order valence-corrected chi connectivity index (χ3v) is 3.05. The number of carbonyl (C=O) groups is 3. The van der Waals surface area contributed by atoms with Gasteiger partial charge in [-0.15, -0.1) is 0 Å². The number of nitrogens with zero attached hydrogens (tertiary/aromatic N) is 1. The minimum atomic E-state index is -1.11. The van der Waals surface area contributed by atoms with Crippen molar-refractivity contribution in [3.63, 3.8) is 0 Å². The largest absolute Gasteiger partial charge is 0.480 e. The fourth-order valence-electron chi connectivity index (χ4n) is 1.84. The summed E-state index contributed by atoms with van der Waals surface area (Å²) in [5, 5.41) is 11.5. The number of para-hydroxylation sites is 1. The summed E-state index contributed by atoms with van der Waals surface area (Å²) in [6, 6.07) is 8.53. The summed E-state index contributed by atoms with van der Waals surface area (Å²) in [4.78, 5) is 35.9. The SMILES string of the molecule is CC(C)CCC(=O)NCC(=O)N(CC(=O)O)c1ccccc1. The number of anilines is 1. The van der Waals surface area contributed by atoms with E-state index in [1.807, 2.05) is 13.8 Å². The van der Waals surface area contributed by atoms with Gasteiger partial charge in [0.25, 0.3) is 0 Å². The average molecular weight is 306 g/mol. The molecule has 0 radical (unpaired) electrons. The molecule has 0 bridgehead atoms. The molecular formula is C16H22N2O4. The van der Waals surface area contributed by atoms with Crippen LogP contribution in [0.1, 0.15) is 26.7 Å². The third kappa shape index (κ3) is 6.39. The van der Waals surface area contributed by atoms with Crippen LogP contribution in [0.3, 0.4) is 0 Å². The van der Waals surface area contributed by atoms with Gasteiger partial charge in [0.15, 0.2) is 0 Å². The highest BCUT2D eigenvalue weighted by molar-refractivity contribution is 5.99. The van der Waals surface area contributed by atoms with Crippen molar-refractivity contribution in [2.45, 2.75) is 26.7 Å². The first-order valence-electron chi connectivity index (χ1n) is 7.24. The molecule has 0 atom stereocenters. The maximum Gasteiger partial charge on any atom is 0.323 e. The van der Waals surface area contributed by atoms with Crippen molar-refractivity contribution in [1.29, 1.82) is 0 Å². The lowest BCUT2D eigenvalue weighted by Gasteiger charge is -2.21. The number of hydrogen-bond donors (Lipinski definition) is 2. The standard InChI is InChI=1S/C16H22N2O4/c1-12(2)8-9-14(19)17-10-15(20)18(11-16(21)22)13-6-4-3-5-7-13/h3-7,12H,8-11H2,1-2H3,(H,17,19)(H,21,22). The number of amides is 2. The lowest BCUT2D eigenvalue weighted by atomic mass is 10.1. The molecule has 1 aromatic rings. The Morgan fingerprint density at radius 1 is 1.18 bits per heavy atom. The van der Waals surface area contributed by atoms with Crippen LogP contribution in [0, 0.1) is 5.92 Å². The number of carboxylic acid groups (broad SMARTS) is 1. The van der Waals surface area contributed by atoms with Crippen molar-refractivity contribution in [2.24, 2.45) is 5.92 Å². The second-order valence-corrected chi connectivity index (χ2v) is 5.42. The Bertz CT molecular complexity index is 514. The molecule has 120 valence electrons. The van der Waals surface area contributed by atoms with Crippen LogP contribution in [0.2, 0.25) is 0 Å². The summed E-state index contributed by atoms with van der Waals surface area (Å²) in [5.74, 6) is -1.35. The highest BCUT2D eigenvalue weighted by Gasteiger charge is 2.19. The zero-order valence-electron chi connectivity index (χ0n) is 12.9. The van der Waals surface area contributed by atoms with Crippen molar-refractivity contribution in [1.82, 2.24) is 5.32 Å². The molecule has 6 heteroatoms. The van der Waals surface area contributed by atoms with Crippen molar-refractivity contribution < 1.29 is 19.5 Å². The van der Waals surface area contributed by atoms with Crippen LogP contribution < -0.4 is 10.2 Å². The molecule has 0 unspecified atom stereocenters. The number of nitrogens with one attached hydrogen (secondary N) is 1. The van der Waals surface area contributed by atoms with E-state index >= 15 is 0 Å². The Morgan fingerprint density at radius 3 is 2.36 bits per heavy atom. The van der Waals surface area contributed by atoms with Gasteiger partial charge in [-0.2, -0.15) is 0 Å². The Morgan fingerprint density at radius 2 is 1.82 bits per heavy atom. The first-order chi connectivity index (χ1) is 10.4. The number of aliphatic carboxylic acids is 1. The Hall–Kier alpha value is -2.37. The van der Waals surface area contributed by atoms with E-state index < -0.39 is 18.4 Å². The number of carbonyl (C=O) groups excluding carboxylic acids is 2. The molecule has 2 N–H and O–H groups in total. The van der Waals surface area contributed by atoms with E-state index in [1.165, 1.54) is 0 Å². The minimum Gasteiger partial charge on any atom is -0.480 e. The molecular weight excluding hydrogens is 284 g/mol. The van der Waals surface area contributed by atoms with Crippen LogP contribution in [0.25, 0.3) is 0 Å². The molecule has 0 aromatic heterocycles. The second-order valence-electron chi connectivity index (χ2n) is 5.42. The molecule has 0 saturated carbocycles. The maximum absolute atomic E-state index is 12.2. The number of carboxylic acids is 1. The van der Waals surface area contributed by atoms with Gasteiger partial charge in [0.2, 0.25) is 11.8 Å². The van der Waals surface area contributed by atoms with Gasteiger partial charge in [0.1, 0.15) is 6.54 Å². The second kappa shape index (κ2) is 8.81. The molecule has 0 aliphatic carbocycles. The highest BCUT2D eigenvalue weighted by atomic mass is 16.4. The van der Waals surface area contributed by atoms with E-state index in [9.17, 15) is 14.4 Å². The Labute approximate surface area is 130 Å². The topological polar surface area (TPSA) is 86.7 Å². The average Bonchev–Trinajstić information content (AvgIpc) is 2.48. The lowest BCUT2D eigenvalue weighted by Crippen LogP contribution is -2.42. The van der Waals surface area contributed by atoms with E-state index in [-0.39, 0.29) is 12.5 Å². The minimum absolute atomic E-state index is 0.203. The van der Waals surface area contributed by atoms with Crippen LogP contribution in [-0.4, -0.2) is 36.0 Å². The van der Waals surface area contributed by atoms with Crippen molar-refractivity contribution in [2.75, 3.05) is 18.0 Å². The highest BCUT2D eigenvalue weighted by Crippen LogP contribution is 2.13. The fourth-order valence-corrected chi connectivity index (χ4v) is 1.84. The molecule has 22 heavy (non-hydrogen) atoms. The molecule has 0 saturated heterocycles. The number of hydrogen-bond acceptors (Lipinski definition) is 3. The third-order valence-electron chi connectivity index (χ3n) is 3.05. The lowest BCUT2D eigenvalue weighted by molar-refractivity contribution is -0.136. The van der Waals surface area contributed by atoms with Crippen molar-refractivity contribution in [3.05, 3.63) is 30.3 Å². The van der Waals surface area contributed by atoms with Gasteiger partial charge >= 0.3 is 5.97 Å². The van der Waals surface area contributed by atoms with Gasteiger partial charge in [-0.05, 0) is 24.5 Å². The molecule has 1 aromatic carbocycles. The summed E-state index contributed by atoms with van der Waals surface area (Å²) >= 11 is 0. The van der Waals surface area contributed by atoms with Crippen molar-refractivity contribution in [3.8, 4) is 0 Å². The maximum atomic E-state index is 12.2. The van der Waals surface area contributed by atoms with E-state index in [1.54, 1.807) is 30.3 Å². The van der Waals surface area contributed by atoms with Crippen molar-refractivity contribution >= 4 is 23.5 Å². The summed E-state index contributed by atoms with van der Waals surface area (Å²) in [5.41, 5.74) is 0.492. The number of benzene rings is 1. The van der Waals surface area contributed by atoms with Crippen LogP contribution in [-0.2, 0) is 14.4 Å². The van der Waals surface area contributed by atoms with Crippen LogP contribution in [0.4, 0.5) is 5.69 Å². The monoisotopic (exact) mass is 306 g/mol. The summed E-state index contributed by atoms with van der Waals surface area (Å²) in [6.45, 7) is 3.38. The predicted octanol–water partition coefficient (Wildman–Crippen LogP) is 1.66. The van der Waals surface area contributed by atoms with Crippen LogP contribution in [0.5, 0.6) is 0 Å². The first-order valence-corrected chi connectivity index (χ1v) is 7.24. The normalized spacial score (nSPS) is 10.3. The van der Waals surface area contributed by atoms with Gasteiger partial charge in [-0.1, -0.05) is 32.0 Å². The molecule has 0 spiro atoms. The molecule has 0 aliphatic heterocycles. The molecule has 0 aliphatic rings.